The van der Waals surface area contributed by atoms with E-state index in [0.29, 0.717) is 11.4 Å². The lowest BCUT2D eigenvalue weighted by Gasteiger charge is -2.19. The van der Waals surface area contributed by atoms with Crippen molar-refractivity contribution in [2.24, 2.45) is 0 Å². The summed E-state index contributed by atoms with van der Waals surface area (Å²) in [6.45, 7) is 12.5. The Labute approximate surface area is 229 Å². The lowest BCUT2D eigenvalue weighted by Crippen LogP contribution is -2.42. The van der Waals surface area contributed by atoms with Gasteiger partial charge in [-0.2, -0.15) is 5.10 Å². The predicted molar refractivity (Wildman–Crippen MR) is 151 cm³/mol. The van der Waals surface area contributed by atoms with Crippen molar-refractivity contribution in [1.82, 2.24) is 25.1 Å². The number of hydrogen-bond acceptors (Lipinski definition) is 5. The number of carboxylic acids is 1. The highest BCUT2D eigenvalue weighted by Crippen LogP contribution is 2.26. The van der Waals surface area contributed by atoms with Crippen LogP contribution in [0.3, 0.4) is 0 Å². The number of carbonyl (C=O) groups is 2. The highest BCUT2D eigenvalue weighted by atomic mass is 16.4. The number of amides is 1. The van der Waals surface area contributed by atoms with Crippen LogP contribution in [0, 0.1) is 0 Å². The summed E-state index contributed by atoms with van der Waals surface area (Å²) in [5, 5.41) is 16.5. The third kappa shape index (κ3) is 6.76. The molecule has 4 rings (SSSR count). The van der Waals surface area contributed by atoms with Crippen LogP contribution in [0.5, 0.6) is 0 Å². The van der Waals surface area contributed by atoms with E-state index in [0.717, 1.165) is 22.3 Å². The van der Waals surface area contributed by atoms with Crippen molar-refractivity contribution in [1.29, 1.82) is 0 Å². The molecule has 0 bridgehead atoms. The Hall–Kier alpha value is -4.33. The molecule has 0 radical (unpaired) electrons. The number of carbonyl (C=O) groups excluding carboxylic acids is 1. The third-order valence-electron chi connectivity index (χ3n) is 6.52. The fourth-order valence-electron chi connectivity index (χ4n) is 4.06. The van der Waals surface area contributed by atoms with Crippen LogP contribution in [-0.2, 0) is 22.2 Å². The molecule has 2 heterocycles. The second-order valence-electron chi connectivity index (χ2n) is 11.7. The normalized spacial score (nSPS) is 12.7. The molecule has 202 valence electrons. The van der Waals surface area contributed by atoms with Crippen LogP contribution in [0.4, 0.5) is 0 Å². The maximum Gasteiger partial charge on any atom is 0.326 e. The van der Waals surface area contributed by atoms with Crippen molar-refractivity contribution < 1.29 is 14.7 Å². The standard InChI is InChI=1S/C31H35N5O3/c1-30(2,3)25-13-11-21(12-14-25)23-16-32-27(33-17-23)22-9-7-20(8-10-22)15-26(29(38)39)35-28(37)24-18-34-36(19-24)31(4,5)6/h7-14,16-19,26H,15H2,1-6H3,(H,35,37)(H,38,39). The minimum absolute atomic E-state index is 0.0948. The summed E-state index contributed by atoms with van der Waals surface area (Å²) >= 11 is 0. The molecule has 1 amide bonds. The maximum absolute atomic E-state index is 12.7. The van der Waals surface area contributed by atoms with E-state index in [1.54, 1.807) is 23.3 Å². The van der Waals surface area contributed by atoms with Crippen molar-refractivity contribution in [3.05, 3.63) is 90.0 Å². The molecule has 2 N–H and O–H groups in total. The van der Waals surface area contributed by atoms with Gasteiger partial charge in [-0.1, -0.05) is 69.3 Å². The molecular formula is C31H35N5O3. The number of nitrogens with one attached hydrogen (secondary N) is 1. The van der Waals surface area contributed by atoms with Gasteiger partial charge in [-0.15, -0.1) is 0 Å². The molecule has 8 nitrogen and oxygen atoms in total. The largest absolute Gasteiger partial charge is 0.480 e. The van der Waals surface area contributed by atoms with Gasteiger partial charge >= 0.3 is 5.97 Å². The second-order valence-corrected chi connectivity index (χ2v) is 11.7. The fraction of sp³-hybridized carbons (Fsp3) is 0.323. The summed E-state index contributed by atoms with van der Waals surface area (Å²) in [6, 6.07) is 14.7. The van der Waals surface area contributed by atoms with Crippen LogP contribution in [0.15, 0.2) is 73.3 Å². The first-order chi connectivity index (χ1) is 18.3. The average Bonchev–Trinajstić information content (AvgIpc) is 3.40. The number of benzene rings is 2. The van der Waals surface area contributed by atoms with Gasteiger partial charge in [0.1, 0.15) is 6.04 Å². The van der Waals surface area contributed by atoms with Crippen molar-refractivity contribution in [3.63, 3.8) is 0 Å². The first-order valence-electron chi connectivity index (χ1n) is 12.9. The number of carboxylic acid groups (broad SMARTS) is 1. The quantitative estimate of drug-likeness (QED) is 0.330. The van der Waals surface area contributed by atoms with Gasteiger partial charge in [0.05, 0.1) is 17.3 Å². The van der Waals surface area contributed by atoms with Crippen LogP contribution in [-0.4, -0.2) is 42.8 Å². The van der Waals surface area contributed by atoms with Gasteiger partial charge in [-0.3, -0.25) is 9.48 Å². The van der Waals surface area contributed by atoms with E-state index in [-0.39, 0.29) is 17.4 Å². The summed E-state index contributed by atoms with van der Waals surface area (Å²) in [7, 11) is 0. The lowest BCUT2D eigenvalue weighted by molar-refractivity contribution is -0.139. The second kappa shape index (κ2) is 10.8. The Morgan fingerprint density at radius 3 is 1.95 bits per heavy atom. The van der Waals surface area contributed by atoms with Crippen molar-refractivity contribution in [2.75, 3.05) is 0 Å². The van der Waals surface area contributed by atoms with Crippen LogP contribution in [0.25, 0.3) is 22.5 Å². The van der Waals surface area contributed by atoms with Crippen molar-refractivity contribution in [2.45, 2.75) is 65.0 Å². The summed E-state index contributed by atoms with van der Waals surface area (Å²) in [4.78, 5) is 33.6. The molecule has 1 atom stereocenters. The van der Waals surface area contributed by atoms with Gasteiger partial charge in [-0.05, 0) is 42.9 Å². The Balaban J connectivity index is 1.42. The van der Waals surface area contributed by atoms with Gasteiger partial charge in [-0.25, -0.2) is 14.8 Å². The van der Waals surface area contributed by atoms with Gasteiger partial charge in [0.15, 0.2) is 5.82 Å². The number of nitrogens with zero attached hydrogens (tertiary/aromatic N) is 4. The summed E-state index contributed by atoms with van der Waals surface area (Å²) in [6.07, 6.45) is 6.81. The number of rotatable bonds is 7. The lowest BCUT2D eigenvalue weighted by atomic mass is 9.86. The number of aliphatic carboxylic acids is 1. The minimum atomic E-state index is -1.11. The topological polar surface area (TPSA) is 110 Å². The first kappa shape index (κ1) is 27.7. The molecule has 39 heavy (non-hydrogen) atoms. The van der Waals surface area contributed by atoms with Crippen LogP contribution in [0.1, 0.15) is 63.0 Å². The van der Waals surface area contributed by atoms with Crippen LogP contribution >= 0.6 is 0 Å². The molecule has 0 saturated heterocycles. The average molecular weight is 526 g/mol. The van der Waals surface area contributed by atoms with Gasteiger partial charge in [0, 0.05) is 36.1 Å². The van der Waals surface area contributed by atoms with E-state index in [1.165, 1.54) is 11.8 Å². The molecular weight excluding hydrogens is 490 g/mol. The molecule has 2 aromatic carbocycles. The first-order valence-corrected chi connectivity index (χ1v) is 12.9. The van der Waals surface area contributed by atoms with E-state index in [4.69, 9.17) is 0 Å². The summed E-state index contributed by atoms with van der Waals surface area (Å²) in [5.41, 5.74) is 4.97. The minimum Gasteiger partial charge on any atom is -0.480 e. The van der Waals surface area contributed by atoms with E-state index in [9.17, 15) is 14.7 Å². The smallest absolute Gasteiger partial charge is 0.326 e. The molecule has 8 heteroatoms. The zero-order valence-corrected chi connectivity index (χ0v) is 23.3. The molecule has 4 aromatic rings. The highest BCUT2D eigenvalue weighted by molar-refractivity contribution is 5.96. The maximum atomic E-state index is 12.7. The molecule has 0 saturated carbocycles. The molecule has 0 fully saturated rings. The zero-order valence-electron chi connectivity index (χ0n) is 23.3. The molecule has 2 aromatic heterocycles. The van der Waals surface area contributed by atoms with Gasteiger partial charge < -0.3 is 10.4 Å². The molecule has 0 aliphatic carbocycles. The number of hydrogen-bond donors (Lipinski definition) is 2. The van der Waals surface area contributed by atoms with Crippen LogP contribution in [0.2, 0.25) is 0 Å². The SMILES string of the molecule is CC(C)(C)c1ccc(-c2cnc(-c3ccc(CC(NC(=O)c4cnn(C(C)(C)C)c4)C(=O)O)cc3)nc2)cc1. The monoisotopic (exact) mass is 525 g/mol. The van der Waals surface area contributed by atoms with E-state index < -0.39 is 17.9 Å². The fourth-order valence-corrected chi connectivity index (χ4v) is 4.06. The predicted octanol–water partition coefficient (Wildman–Crippen LogP) is 5.49. The van der Waals surface area contributed by atoms with E-state index >= 15 is 0 Å². The molecule has 0 aliphatic heterocycles. The highest BCUT2D eigenvalue weighted by Gasteiger charge is 2.23. The summed E-state index contributed by atoms with van der Waals surface area (Å²) in [5.74, 6) is -1.00. The third-order valence-corrected chi connectivity index (χ3v) is 6.52. The molecule has 0 spiro atoms. The van der Waals surface area contributed by atoms with Crippen molar-refractivity contribution in [3.8, 4) is 22.5 Å². The summed E-state index contributed by atoms with van der Waals surface area (Å²) < 4.78 is 1.67. The van der Waals surface area contributed by atoms with Crippen LogP contribution < -0.4 is 5.32 Å². The molecule has 1 unspecified atom stereocenters. The Kier molecular flexibility index (Phi) is 7.67. The van der Waals surface area contributed by atoms with Crippen molar-refractivity contribution >= 4 is 11.9 Å². The zero-order chi connectivity index (χ0) is 28.4. The Morgan fingerprint density at radius 2 is 1.44 bits per heavy atom. The number of aromatic nitrogens is 4. The Morgan fingerprint density at radius 1 is 0.846 bits per heavy atom. The van der Waals surface area contributed by atoms with E-state index in [2.05, 4.69) is 65.4 Å². The van der Waals surface area contributed by atoms with E-state index in [1.807, 2.05) is 45.0 Å². The van der Waals surface area contributed by atoms with Gasteiger partial charge in [0.2, 0.25) is 0 Å². The van der Waals surface area contributed by atoms with Gasteiger partial charge in [0.25, 0.3) is 5.91 Å². The molecule has 0 aliphatic rings. The Bertz CT molecular complexity index is 1440.